The molecule has 6 heteroatoms. The lowest BCUT2D eigenvalue weighted by molar-refractivity contribution is -0.384. The number of nitrogens with zero attached hydrogens (tertiary/aromatic N) is 1. The largest absolute Gasteiger partial charge is 0.372 e. The summed E-state index contributed by atoms with van der Waals surface area (Å²) in [7, 11) is 0. The lowest BCUT2D eigenvalue weighted by Gasteiger charge is -2.39. The van der Waals surface area contributed by atoms with E-state index in [9.17, 15) is 14.9 Å². The van der Waals surface area contributed by atoms with Gasteiger partial charge in [-0.1, -0.05) is 56.3 Å². The number of H-pyrrole nitrogens is 1. The third kappa shape index (κ3) is 3.53. The highest BCUT2D eigenvalue weighted by Crippen LogP contribution is 2.52. The molecule has 0 saturated heterocycles. The maximum Gasteiger partial charge on any atom is 0.270 e. The number of rotatable bonds is 3. The summed E-state index contributed by atoms with van der Waals surface area (Å²) in [6, 6.07) is 22.7. The normalized spacial score (nSPS) is 18.7. The van der Waals surface area contributed by atoms with Crippen LogP contribution in [0.25, 0.3) is 27.6 Å². The van der Waals surface area contributed by atoms with Crippen molar-refractivity contribution in [3.8, 4) is 11.3 Å². The molecular weight excluding hydrogens is 438 g/mol. The van der Waals surface area contributed by atoms with Crippen LogP contribution in [0.3, 0.4) is 0 Å². The first-order valence-electron chi connectivity index (χ1n) is 11.8. The first kappa shape index (κ1) is 21.4. The molecule has 35 heavy (non-hydrogen) atoms. The molecule has 0 amide bonds. The molecule has 4 aromatic rings. The Bertz CT molecular complexity index is 1560. The van der Waals surface area contributed by atoms with Crippen molar-refractivity contribution in [3.05, 3.63) is 99.7 Å². The molecular formula is C29H25N3O3. The molecule has 1 aliphatic carbocycles. The van der Waals surface area contributed by atoms with E-state index in [-0.39, 0.29) is 22.9 Å². The third-order valence-electron chi connectivity index (χ3n) is 7.13. The molecule has 1 aliphatic heterocycles. The Kier molecular flexibility index (Phi) is 4.68. The minimum absolute atomic E-state index is 0.0462. The van der Waals surface area contributed by atoms with Gasteiger partial charge in [-0.2, -0.15) is 0 Å². The minimum Gasteiger partial charge on any atom is -0.372 e. The summed E-state index contributed by atoms with van der Waals surface area (Å²) in [4.78, 5) is 27.9. The Morgan fingerprint density at radius 2 is 1.80 bits per heavy atom. The smallest absolute Gasteiger partial charge is 0.270 e. The summed E-state index contributed by atoms with van der Waals surface area (Å²) in [6.07, 6.45) is 1.33. The van der Waals surface area contributed by atoms with Crippen molar-refractivity contribution in [3.63, 3.8) is 0 Å². The predicted molar refractivity (Wildman–Crippen MR) is 138 cm³/mol. The fourth-order valence-electron chi connectivity index (χ4n) is 5.61. The van der Waals surface area contributed by atoms with Crippen LogP contribution in [0.1, 0.15) is 44.0 Å². The van der Waals surface area contributed by atoms with E-state index in [1.54, 1.807) is 12.1 Å². The highest BCUT2D eigenvalue weighted by Gasteiger charge is 2.41. The highest BCUT2D eigenvalue weighted by atomic mass is 16.6. The van der Waals surface area contributed by atoms with E-state index in [1.165, 1.54) is 6.07 Å². The van der Waals surface area contributed by atoms with E-state index in [2.05, 4.69) is 48.4 Å². The number of nitro benzene ring substituents is 1. The first-order valence-corrected chi connectivity index (χ1v) is 11.8. The lowest BCUT2D eigenvalue weighted by Crippen LogP contribution is -2.33. The van der Waals surface area contributed by atoms with E-state index in [1.807, 2.05) is 30.3 Å². The van der Waals surface area contributed by atoms with Crippen molar-refractivity contribution in [1.29, 1.82) is 0 Å². The summed E-state index contributed by atoms with van der Waals surface area (Å²) >= 11 is 0. The van der Waals surface area contributed by atoms with E-state index < -0.39 is 4.92 Å². The number of nitro groups is 1. The van der Waals surface area contributed by atoms with Gasteiger partial charge in [0, 0.05) is 52.3 Å². The number of aromatic amines is 1. The van der Waals surface area contributed by atoms with Gasteiger partial charge in [-0.15, -0.1) is 0 Å². The van der Waals surface area contributed by atoms with Crippen LogP contribution in [0.2, 0.25) is 0 Å². The van der Waals surface area contributed by atoms with Gasteiger partial charge in [0.1, 0.15) is 0 Å². The summed E-state index contributed by atoms with van der Waals surface area (Å²) in [6.45, 7) is 4.32. The Labute approximate surface area is 202 Å². The van der Waals surface area contributed by atoms with E-state index in [4.69, 9.17) is 0 Å². The minimum atomic E-state index is -0.392. The summed E-state index contributed by atoms with van der Waals surface area (Å²) < 4.78 is 0. The number of ketones is 1. The Morgan fingerprint density at radius 1 is 0.971 bits per heavy atom. The number of carbonyl (C=O) groups is 1. The number of anilines is 1. The number of fused-ring (bicyclic) bond motifs is 4. The number of Topliss-reactive ketones (excluding diaryl/α,β-unsaturated/α-hetero) is 1. The van der Waals surface area contributed by atoms with Crippen molar-refractivity contribution < 1.29 is 9.72 Å². The van der Waals surface area contributed by atoms with E-state index in [0.717, 1.165) is 56.5 Å². The lowest BCUT2D eigenvalue weighted by atomic mass is 9.68. The second kappa shape index (κ2) is 7.67. The van der Waals surface area contributed by atoms with Crippen molar-refractivity contribution in [2.24, 2.45) is 5.41 Å². The van der Waals surface area contributed by atoms with Crippen LogP contribution in [0.4, 0.5) is 11.4 Å². The fraction of sp³-hybridized carbons (Fsp3) is 0.207. The molecule has 1 atom stereocenters. The molecule has 0 bridgehead atoms. The standard InChI is InChI=1S/C29H25N3O3/c1-29(2)15-21-26-20-9-4-3-6-17(20)10-11-23(26)31-28(27(21)25(33)16-29)24-13-12-22(30-24)18-7-5-8-19(14-18)32(34)35/h3-14,28,30-31H,15-16H2,1-2H3. The molecule has 0 spiro atoms. The van der Waals surface area contributed by atoms with Gasteiger partial charge >= 0.3 is 0 Å². The van der Waals surface area contributed by atoms with Gasteiger partial charge in [0.05, 0.1) is 11.0 Å². The molecule has 2 N–H and O–H groups in total. The summed E-state index contributed by atoms with van der Waals surface area (Å²) in [5.74, 6) is 0.166. The van der Waals surface area contributed by atoms with Gasteiger partial charge in [0.2, 0.25) is 0 Å². The maximum absolute atomic E-state index is 13.6. The number of allylic oxidation sites excluding steroid dienone is 1. The Morgan fingerprint density at radius 3 is 2.63 bits per heavy atom. The van der Waals surface area contributed by atoms with Crippen molar-refractivity contribution in [2.45, 2.75) is 32.7 Å². The van der Waals surface area contributed by atoms with Gasteiger partial charge in [-0.05, 0) is 46.4 Å². The Balaban J connectivity index is 1.50. The number of nitrogens with one attached hydrogen (secondary N) is 2. The molecule has 0 saturated carbocycles. The van der Waals surface area contributed by atoms with Crippen LogP contribution in [0.15, 0.2) is 78.4 Å². The Hall–Kier alpha value is -4.19. The molecule has 2 aliphatic rings. The zero-order valence-corrected chi connectivity index (χ0v) is 19.6. The van der Waals surface area contributed by atoms with Gasteiger partial charge in [0.15, 0.2) is 5.78 Å². The number of aromatic nitrogens is 1. The second-order valence-electron chi connectivity index (χ2n) is 10.3. The van der Waals surface area contributed by atoms with Crippen LogP contribution in [0.5, 0.6) is 0 Å². The number of non-ortho nitro benzene ring substituents is 1. The summed E-state index contributed by atoms with van der Waals surface area (Å²) in [5.41, 5.74) is 6.39. The van der Waals surface area contributed by atoms with Gasteiger partial charge in [-0.25, -0.2) is 0 Å². The summed E-state index contributed by atoms with van der Waals surface area (Å²) in [5, 5.41) is 17.2. The van der Waals surface area contributed by atoms with Crippen LogP contribution in [-0.4, -0.2) is 15.7 Å². The first-order chi connectivity index (χ1) is 16.8. The SMILES string of the molecule is CC1(C)CC(=O)C2=C(C1)c1c(ccc3ccccc13)NC2c1ccc(-c2cccc([N+](=O)[O-])c2)[nH]1. The quantitative estimate of drug-likeness (QED) is 0.252. The molecule has 6 nitrogen and oxygen atoms in total. The van der Waals surface area contributed by atoms with Crippen LogP contribution >= 0.6 is 0 Å². The molecule has 3 aromatic carbocycles. The molecule has 6 rings (SSSR count). The van der Waals surface area contributed by atoms with Crippen molar-refractivity contribution in [2.75, 3.05) is 5.32 Å². The molecule has 0 fully saturated rings. The number of benzene rings is 3. The van der Waals surface area contributed by atoms with Gasteiger partial charge < -0.3 is 10.3 Å². The van der Waals surface area contributed by atoms with E-state index >= 15 is 0 Å². The maximum atomic E-state index is 13.6. The van der Waals surface area contributed by atoms with Crippen molar-refractivity contribution >= 4 is 33.5 Å². The molecule has 2 heterocycles. The third-order valence-corrected chi connectivity index (χ3v) is 7.13. The average Bonchev–Trinajstić information content (AvgIpc) is 3.33. The van der Waals surface area contributed by atoms with Crippen molar-refractivity contribution in [1.82, 2.24) is 4.98 Å². The predicted octanol–water partition coefficient (Wildman–Crippen LogP) is 7.05. The highest BCUT2D eigenvalue weighted by molar-refractivity contribution is 6.12. The number of hydrogen-bond donors (Lipinski definition) is 2. The molecule has 0 radical (unpaired) electrons. The number of hydrogen-bond acceptors (Lipinski definition) is 4. The molecule has 1 unspecified atom stereocenters. The molecule has 174 valence electrons. The topological polar surface area (TPSA) is 88.0 Å². The zero-order chi connectivity index (χ0) is 24.3. The van der Waals surface area contributed by atoms with Crippen LogP contribution in [0, 0.1) is 15.5 Å². The molecule has 1 aromatic heterocycles. The second-order valence-corrected chi connectivity index (χ2v) is 10.3. The van der Waals surface area contributed by atoms with E-state index in [0.29, 0.717) is 6.42 Å². The average molecular weight is 464 g/mol. The van der Waals surface area contributed by atoms with Gasteiger partial charge in [-0.3, -0.25) is 14.9 Å². The fourth-order valence-corrected chi connectivity index (χ4v) is 5.61. The van der Waals surface area contributed by atoms with Crippen LogP contribution in [-0.2, 0) is 4.79 Å². The number of carbonyl (C=O) groups excluding carboxylic acids is 1. The van der Waals surface area contributed by atoms with Crippen LogP contribution < -0.4 is 5.32 Å². The zero-order valence-electron chi connectivity index (χ0n) is 19.6. The monoisotopic (exact) mass is 463 g/mol. The van der Waals surface area contributed by atoms with Gasteiger partial charge in [0.25, 0.3) is 5.69 Å².